The van der Waals surface area contributed by atoms with Crippen molar-refractivity contribution in [2.45, 2.75) is 33.4 Å². The zero-order valence-electron chi connectivity index (χ0n) is 18.9. The van der Waals surface area contributed by atoms with Gasteiger partial charge in [0.1, 0.15) is 6.04 Å². The van der Waals surface area contributed by atoms with E-state index in [1.165, 1.54) is 11.3 Å². The number of thiazole rings is 1. The molecule has 2 aromatic rings. The third-order valence-corrected chi connectivity index (χ3v) is 6.74. The Morgan fingerprint density at radius 1 is 1.16 bits per heavy atom. The van der Waals surface area contributed by atoms with Crippen molar-refractivity contribution in [3.05, 3.63) is 45.2 Å². The number of anilines is 1. The van der Waals surface area contributed by atoms with Gasteiger partial charge in [-0.05, 0) is 29.7 Å². The van der Waals surface area contributed by atoms with Crippen molar-refractivity contribution in [2.75, 3.05) is 31.5 Å². The van der Waals surface area contributed by atoms with Gasteiger partial charge in [-0.1, -0.05) is 32.4 Å². The van der Waals surface area contributed by atoms with Crippen LogP contribution in [0.4, 0.5) is 10.5 Å². The number of benzene rings is 1. The smallest absolute Gasteiger partial charge is 0.319 e. The Morgan fingerprint density at radius 2 is 1.78 bits per heavy atom. The summed E-state index contributed by atoms with van der Waals surface area (Å²) in [6.45, 7) is 9.32. The lowest BCUT2D eigenvalue weighted by Crippen LogP contribution is -2.59. The highest BCUT2D eigenvalue weighted by atomic mass is 35.5. The van der Waals surface area contributed by atoms with Crippen LogP contribution in [0.3, 0.4) is 0 Å². The molecule has 32 heavy (non-hydrogen) atoms. The number of carbonyl (C=O) groups excluding carboxylic acids is 2. The number of halogens is 1. The Morgan fingerprint density at radius 3 is 2.31 bits per heavy atom. The fraction of sp³-hybridized carbons (Fsp3) is 0.500. The van der Waals surface area contributed by atoms with Crippen LogP contribution in [-0.4, -0.2) is 58.5 Å². The maximum atomic E-state index is 13.3. The third kappa shape index (κ3) is 6.11. The average molecular weight is 479 g/mol. The molecule has 1 aliphatic rings. The Kier molecular flexibility index (Phi) is 7.63. The van der Waals surface area contributed by atoms with Crippen LogP contribution in [0, 0.1) is 10.8 Å². The molecule has 1 saturated heterocycles. The van der Waals surface area contributed by atoms with Crippen molar-refractivity contribution in [2.24, 2.45) is 12.5 Å². The van der Waals surface area contributed by atoms with Gasteiger partial charge < -0.3 is 20.1 Å². The summed E-state index contributed by atoms with van der Waals surface area (Å²) >= 11 is 7.32. The van der Waals surface area contributed by atoms with Gasteiger partial charge in [0, 0.05) is 61.6 Å². The largest absolute Gasteiger partial charge is 0.338 e. The molecule has 3 rings (SSSR count). The Bertz CT molecular complexity index is 1000. The first kappa shape index (κ1) is 24.3. The first-order chi connectivity index (χ1) is 15.0. The summed E-state index contributed by atoms with van der Waals surface area (Å²) in [6.07, 6.45) is 0. The highest BCUT2D eigenvalue weighted by Crippen LogP contribution is 2.23. The quantitative estimate of drug-likeness (QED) is 0.616. The van der Waals surface area contributed by atoms with Crippen molar-refractivity contribution < 1.29 is 9.59 Å². The summed E-state index contributed by atoms with van der Waals surface area (Å²) < 4.78 is 1.89. The molecule has 0 unspecified atom stereocenters. The number of rotatable bonds is 5. The van der Waals surface area contributed by atoms with Crippen LogP contribution in [0.25, 0.3) is 0 Å². The van der Waals surface area contributed by atoms with E-state index in [0.717, 1.165) is 25.3 Å². The number of aromatic nitrogens is 1. The molecule has 8 nitrogen and oxygen atoms in total. The van der Waals surface area contributed by atoms with Gasteiger partial charge in [-0.15, -0.1) is 11.3 Å². The van der Waals surface area contributed by atoms with Crippen molar-refractivity contribution in [3.8, 4) is 0 Å². The number of amides is 3. The molecule has 1 atom stereocenters. The number of hydrogen-bond donors (Lipinski definition) is 3. The maximum absolute atomic E-state index is 13.3. The summed E-state index contributed by atoms with van der Waals surface area (Å²) in [5.74, 6) is -0.0714. The van der Waals surface area contributed by atoms with Crippen LogP contribution < -0.4 is 15.4 Å². The van der Waals surface area contributed by atoms with Crippen LogP contribution in [0.5, 0.6) is 0 Å². The highest BCUT2D eigenvalue weighted by Gasteiger charge is 2.36. The van der Waals surface area contributed by atoms with Crippen molar-refractivity contribution in [3.63, 3.8) is 0 Å². The molecule has 2 heterocycles. The monoisotopic (exact) mass is 478 g/mol. The standard InChI is InChI=1S/C22H31ClN6O2S/c1-22(2,3)18(26-21(31)25-16-7-5-15(23)6-8-16)19(30)29-11-9-28(10-12-29)13-17-14-32-20(24)27(17)4/h5-8,14,18,24H,9-13H2,1-4H3,(H2,25,26,31)/t18-/m0/s1. The minimum absolute atomic E-state index is 0.0714. The van der Waals surface area contributed by atoms with Crippen LogP contribution in [-0.2, 0) is 18.4 Å². The lowest BCUT2D eigenvalue weighted by atomic mass is 9.85. The van der Waals surface area contributed by atoms with Gasteiger partial charge in [-0.2, -0.15) is 0 Å². The molecule has 3 amide bonds. The van der Waals surface area contributed by atoms with Crippen LogP contribution in [0.15, 0.2) is 29.6 Å². The number of nitrogens with one attached hydrogen (secondary N) is 3. The van der Waals surface area contributed by atoms with Crippen molar-refractivity contribution >= 4 is 40.6 Å². The molecule has 1 aromatic carbocycles. The summed E-state index contributed by atoms with van der Waals surface area (Å²) in [6, 6.07) is 5.75. The topological polar surface area (TPSA) is 93.5 Å². The Balaban J connectivity index is 1.58. The van der Waals surface area contributed by atoms with Crippen LogP contribution in [0.1, 0.15) is 26.5 Å². The molecule has 1 aliphatic heterocycles. The Labute approximate surface area is 197 Å². The summed E-state index contributed by atoms with van der Waals surface area (Å²) in [5, 5.41) is 16.1. The van der Waals surface area contributed by atoms with Gasteiger partial charge in [0.15, 0.2) is 4.80 Å². The van der Waals surface area contributed by atoms with E-state index >= 15 is 0 Å². The zero-order valence-corrected chi connectivity index (χ0v) is 20.5. The summed E-state index contributed by atoms with van der Waals surface area (Å²) in [7, 11) is 1.91. The van der Waals surface area contributed by atoms with Crippen LogP contribution in [0.2, 0.25) is 5.02 Å². The molecule has 174 valence electrons. The second kappa shape index (κ2) is 10.1. The predicted octanol–water partition coefficient (Wildman–Crippen LogP) is 3.10. The van der Waals surface area contributed by atoms with Crippen molar-refractivity contribution in [1.29, 1.82) is 5.41 Å². The molecule has 0 radical (unpaired) electrons. The van der Waals surface area contributed by atoms with E-state index in [9.17, 15) is 9.59 Å². The van der Waals surface area contributed by atoms with E-state index in [-0.39, 0.29) is 5.91 Å². The van der Waals surface area contributed by atoms with Gasteiger partial charge in [0.25, 0.3) is 0 Å². The molecule has 3 N–H and O–H groups in total. The van der Waals surface area contributed by atoms with Crippen molar-refractivity contribution in [1.82, 2.24) is 19.7 Å². The lowest BCUT2D eigenvalue weighted by Gasteiger charge is -2.39. The minimum atomic E-state index is -0.651. The van der Waals surface area contributed by atoms with Gasteiger partial charge >= 0.3 is 6.03 Å². The molecule has 10 heteroatoms. The minimum Gasteiger partial charge on any atom is -0.338 e. The summed E-state index contributed by atoms with van der Waals surface area (Å²) in [5.41, 5.74) is 1.27. The number of nitrogens with zero attached hydrogens (tertiary/aromatic N) is 3. The average Bonchev–Trinajstić information content (AvgIpc) is 3.05. The highest BCUT2D eigenvalue weighted by molar-refractivity contribution is 7.07. The predicted molar refractivity (Wildman–Crippen MR) is 128 cm³/mol. The maximum Gasteiger partial charge on any atom is 0.319 e. The molecule has 1 fully saturated rings. The number of urea groups is 1. The second-order valence-corrected chi connectivity index (χ2v) is 10.4. The third-order valence-electron chi connectivity index (χ3n) is 5.60. The van der Waals surface area contributed by atoms with E-state index in [4.69, 9.17) is 17.0 Å². The first-order valence-corrected chi connectivity index (χ1v) is 11.8. The van der Waals surface area contributed by atoms with E-state index in [2.05, 4.69) is 15.5 Å². The number of piperazine rings is 1. The van der Waals surface area contributed by atoms with E-state index in [1.807, 2.05) is 42.7 Å². The van der Waals surface area contributed by atoms with Gasteiger partial charge in [-0.25, -0.2) is 4.79 Å². The zero-order chi connectivity index (χ0) is 23.5. The van der Waals surface area contributed by atoms with E-state index in [0.29, 0.717) is 28.6 Å². The van der Waals surface area contributed by atoms with E-state index in [1.54, 1.807) is 24.3 Å². The second-order valence-electron chi connectivity index (χ2n) is 9.10. The SMILES string of the molecule is Cn1c(CN2CCN(C(=O)[C@H](NC(=O)Nc3ccc(Cl)cc3)C(C)(C)C)CC2)csc1=N. The molecule has 0 saturated carbocycles. The molecule has 1 aromatic heterocycles. The molecule has 0 spiro atoms. The fourth-order valence-electron chi connectivity index (χ4n) is 3.57. The molecular formula is C22H31ClN6O2S. The first-order valence-electron chi connectivity index (χ1n) is 10.6. The van der Waals surface area contributed by atoms with E-state index < -0.39 is 17.5 Å². The summed E-state index contributed by atoms with van der Waals surface area (Å²) in [4.78, 5) is 30.6. The van der Waals surface area contributed by atoms with Gasteiger partial charge in [0.2, 0.25) is 5.91 Å². The van der Waals surface area contributed by atoms with Gasteiger partial charge in [-0.3, -0.25) is 15.1 Å². The number of carbonyl (C=O) groups is 2. The Hall–Kier alpha value is -2.36. The number of hydrogen-bond acceptors (Lipinski definition) is 5. The fourth-order valence-corrected chi connectivity index (χ4v) is 4.46. The van der Waals surface area contributed by atoms with Gasteiger partial charge in [0.05, 0.1) is 0 Å². The molecular weight excluding hydrogens is 448 g/mol. The normalized spacial score (nSPS) is 16.0. The molecule has 0 aliphatic carbocycles. The lowest BCUT2D eigenvalue weighted by molar-refractivity contribution is -0.137. The van der Waals surface area contributed by atoms with Crippen LogP contribution >= 0.6 is 22.9 Å². The molecule has 0 bridgehead atoms.